The molecule has 0 aromatic heterocycles. The molecule has 0 saturated carbocycles. The van der Waals surface area contributed by atoms with E-state index in [1.54, 1.807) is 0 Å². The summed E-state index contributed by atoms with van der Waals surface area (Å²) in [6.07, 6.45) is 0.955. The molecular weight excluding hydrogens is 316 g/mol. The molecule has 0 aliphatic rings. The van der Waals surface area contributed by atoms with E-state index in [-0.39, 0.29) is 0 Å². The average molecular weight is 343 g/mol. The maximum absolute atomic E-state index is 5.88. The van der Waals surface area contributed by atoms with Crippen molar-refractivity contribution in [2.75, 3.05) is 13.2 Å². The second-order valence-corrected chi connectivity index (χ2v) is 6.55. The van der Waals surface area contributed by atoms with Crippen molar-refractivity contribution < 1.29 is 4.74 Å². The van der Waals surface area contributed by atoms with E-state index >= 15 is 0 Å². The third-order valence-corrected chi connectivity index (χ3v) is 4.18. The molecule has 0 fully saturated rings. The van der Waals surface area contributed by atoms with Crippen molar-refractivity contribution >= 4 is 17.2 Å². The molecule has 128 valence electrons. The van der Waals surface area contributed by atoms with Gasteiger partial charge in [0.2, 0.25) is 0 Å². The van der Waals surface area contributed by atoms with Crippen LogP contribution in [0.25, 0.3) is 0 Å². The molecule has 0 saturated heterocycles. The summed E-state index contributed by atoms with van der Waals surface area (Å²) < 4.78 is 5.88. The maximum Gasteiger partial charge on any atom is 0.129 e. The lowest BCUT2D eigenvalue weighted by Crippen LogP contribution is -2.32. The van der Waals surface area contributed by atoms with Crippen LogP contribution in [-0.4, -0.2) is 29.1 Å². The standard InChI is InChI=1S/C20H26N2OS/c1-16(2)22(15-17-9-4-3-5-10-17)13-8-14-23-19-12-7-6-11-18(19)20(21)24/h3-7,9-12,16H,8,13-15H2,1-2H3,(H2,21,24). The Hall–Kier alpha value is -1.91. The zero-order valence-electron chi connectivity index (χ0n) is 14.4. The first-order valence-corrected chi connectivity index (χ1v) is 8.78. The number of thiocarbonyl (C=S) groups is 1. The Balaban J connectivity index is 1.84. The summed E-state index contributed by atoms with van der Waals surface area (Å²) in [6, 6.07) is 18.7. The van der Waals surface area contributed by atoms with Crippen molar-refractivity contribution in [3.63, 3.8) is 0 Å². The Morgan fingerprint density at radius 2 is 1.75 bits per heavy atom. The van der Waals surface area contributed by atoms with Crippen LogP contribution >= 0.6 is 12.2 Å². The Labute approximate surface area is 150 Å². The zero-order chi connectivity index (χ0) is 17.4. The third-order valence-electron chi connectivity index (χ3n) is 3.96. The molecule has 0 amide bonds. The summed E-state index contributed by atoms with van der Waals surface area (Å²) in [5, 5.41) is 0. The van der Waals surface area contributed by atoms with Crippen LogP contribution in [0.4, 0.5) is 0 Å². The van der Waals surface area contributed by atoms with Gasteiger partial charge in [0.25, 0.3) is 0 Å². The van der Waals surface area contributed by atoms with Gasteiger partial charge in [0.05, 0.1) is 12.2 Å². The Morgan fingerprint density at radius 3 is 2.42 bits per heavy atom. The number of rotatable bonds is 9. The van der Waals surface area contributed by atoms with Gasteiger partial charge < -0.3 is 10.5 Å². The number of hydrogen-bond acceptors (Lipinski definition) is 3. The van der Waals surface area contributed by atoms with E-state index in [2.05, 4.69) is 49.1 Å². The minimum absolute atomic E-state index is 0.374. The minimum Gasteiger partial charge on any atom is -0.493 e. The van der Waals surface area contributed by atoms with Crippen molar-refractivity contribution in [1.29, 1.82) is 0 Å². The molecule has 3 nitrogen and oxygen atoms in total. The molecule has 0 radical (unpaired) electrons. The molecule has 2 N–H and O–H groups in total. The van der Waals surface area contributed by atoms with E-state index in [9.17, 15) is 0 Å². The summed E-state index contributed by atoms with van der Waals surface area (Å²) in [5.74, 6) is 0.768. The molecule has 0 bridgehead atoms. The monoisotopic (exact) mass is 342 g/mol. The molecule has 4 heteroatoms. The Kier molecular flexibility index (Phi) is 7.22. The summed E-state index contributed by atoms with van der Waals surface area (Å²) in [5.41, 5.74) is 7.88. The van der Waals surface area contributed by atoms with Gasteiger partial charge in [0.15, 0.2) is 0 Å². The largest absolute Gasteiger partial charge is 0.493 e. The lowest BCUT2D eigenvalue weighted by molar-refractivity contribution is 0.190. The van der Waals surface area contributed by atoms with Crippen LogP contribution in [0, 0.1) is 0 Å². The van der Waals surface area contributed by atoms with Gasteiger partial charge in [-0.15, -0.1) is 0 Å². The second kappa shape index (κ2) is 9.40. The molecular formula is C20H26N2OS. The minimum atomic E-state index is 0.374. The van der Waals surface area contributed by atoms with Crippen LogP contribution in [0.5, 0.6) is 5.75 Å². The highest BCUT2D eigenvalue weighted by Gasteiger charge is 2.10. The van der Waals surface area contributed by atoms with E-state index in [0.29, 0.717) is 17.6 Å². The third kappa shape index (κ3) is 5.62. The van der Waals surface area contributed by atoms with Crippen molar-refractivity contribution in [3.8, 4) is 5.75 Å². The topological polar surface area (TPSA) is 38.5 Å². The van der Waals surface area contributed by atoms with Crippen LogP contribution in [0.2, 0.25) is 0 Å². The normalized spacial score (nSPS) is 11.0. The van der Waals surface area contributed by atoms with Crippen molar-refractivity contribution in [1.82, 2.24) is 4.90 Å². The highest BCUT2D eigenvalue weighted by atomic mass is 32.1. The van der Waals surface area contributed by atoms with Gasteiger partial charge in [0.1, 0.15) is 10.7 Å². The van der Waals surface area contributed by atoms with Crippen LogP contribution in [0.3, 0.4) is 0 Å². The van der Waals surface area contributed by atoms with Gasteiger partial charge >= 0.3 is 0 Å². The molecule has 0 spiro atoms. The number of para-hydroxylation sites is 1. The van der Waals surface area contributed by atoms with Crippen LogP contribution < -0.4 is 10.5 Å². The Bertz CT molecular complexity index is 643. The van der Waals surface area contributed by atoms with Crippen molar-refractivity contribution in [2.24, 2.45) is 5.73 Å². The van der Waals surface area contributed by atoms with E-state index in [1.165, 1.54) is 5.56 Å². The van der Waals surface area contributed by atoms with E-state index in [4.69, 9.17) is 22.7 Å². The SMILES string of the molecule is CC(C)N(CCCOc1ccccc1C(N)=S)Cc1ccccc1. The number of hydrogen-bond donors (Lipinski definition) is 1. The molecule has 0 unspecified atom stereocenters. The predicted molar refractivity (Wildman–Crippen MR) is 104 cm³/mol. The lowest BCUT2D eigenvalue weighted by Gasteiger charge is -2.26. The lowest BCUT2D eigenvalue weighted by atomic mass is 10.2. The summed E-state index contributed by atoms with van der Waals surface area (Å²) in [7, 11) is 0. The first-order chi connectivity index (χ1) is 11.6. The molecule has 0 heterocycles. The van der Waals surface area contributed by atoms with Gasteiger partial charge in [-0.3, -0.25) is 4.90 Å². The number of nitrogens with two attached hydrogens (primary N) is 1. The number of ether oxygens (including phenoxy) is 1. The first-order valence-electron chi connectivity index (χ1n) is 8.37. The highest BCUT2D eigenvalue weighted by Crippen LogP contribution is 2.18. The van der Waals surface area contributed by atoms with Crippen LogP contribution in [-0.2, 0) is 6.54 Å². The summed E-state index contributed by atoms with van der Waals surface area (Å²) in [4.78, 5) is 2.83. The molecule has 24 heavy (non-hydrogen) atoms. The van der Waals surface area contributed by atoms with Crippen LogP contribution in [0.1, 0.15) is 31.4 Å². The van der Waals surface area contributed by atoms with Gasteiger partial charge in [0, 0.05) is 19.1 Å². The maximum atomic E-state index is 5.88. The fourth-order valence-electron chi connectivity index (χ4n) is 2.58. The first kappa shape index (κ1) is 18.4. The van der Waals surface area contributed by atoms with E-state index < -0.39 is 0 Å². The molecule has 2 rings (SSSR count). The van der Waals surface area contributed by atoms with E-state index in [1.807, 2.05) is 24.3 Å². The zero-order valence-corrected chi connectivity index (χ0v) is 15.3. The molecule has 0 aliphatic heterocycles. The number of benzene rings is 2. The molecule has 0 atom stereocenters. The number of nitrogens with zero attached hydrogens (tertiary/aromatic N) is 1. The van der Waals surface area contributed by atoms with E-state index in [0.717, 1.165) is 30.8 Å². The van der Waals surface area contributed by atoms with Crippen LogP contribution in [0.15, 0.2) is 54.6 Å². The fourth-order valence-corrected chi connectivity index (χ4v) is 2.75. The highest BCUT2D eigenvalue weighted by molar-refractivity contribution is 7.80. The Morgan fingerprint density at radius 1 is 1.08 bits per heavy atom. The van der Waals surface area contributed by atoms with Gasteiger partial charge in [-0.25, -0.2) is 0 Å². The summed E-state index contributed by atoms with van der Waals surface area (Å²) in [6.45, 7) is 7.05. The van der Waals surface area contributed by atoms with Crippen molar-refractivity contribution in [2.45, 2.75) is 32.9 Å². The predicted octanol–water partition coefficient (Wildman–Crippen LogP) is 4.00. The quantitative estimate of drug-likeness (QED) is 0.552. The van der Waals surface area contributed by atoms with Gasteiger partial charge in [-0.2, -0.15) is 0 Å². The molecule has 0 aliphatic carbocycles. The fraction of sp³-hybridized carbons (Fsp3) is 0.350. The van der Waals surface area contributed by atoms with Gasteiger partial charge in [-0.05, 0) is 38.0 Å². The average Bonchev–Trinajstić information content (AvgIpc) is 2.58. The van der Waals surface area contributed by atoms with Crippen molar-refractivity contribution in [3.05, 3.63) is 65.7 Å². The molecule has 2 aromatic rings. The summed E-state index contributed by atoms with van der Waals surface area (Å²) >= 11 is 5.07. The second-order valence-electron chi connectivity index (χ2n) is 6.11. The van der Waals surface area contributed by atoms with Gasteiger partial charge in [-0.1, -0.05) is 54.7 Å². The molecule has 2 aromatic carbocycles. The smallest absolute Gasteiger partial charge is 0.129 e.